The van der Waals surface area contributed by atoms with Crippen LogP contribution in [0.2, 0.25) is 0 Å². The summed E-state index contributed by atoms with van der Waals surface area (Å²) in [4.78, 5) is 15.5. The minimum Gasteiger partial charge on any atom is -0.678 e. The van der Waals surface area contributed by atoms with Crippen molar-refractivity contribution in [3.63, 3.8) is 0 Å². The molecule has 0 heterocycles. The first-order valence-electron chi connectivity index (χ1n) is 11.5. The Hall–Kier alpha value is -0.197. The Bertz CT molecular complexity index is 298. The Labute approximate surface area is 208 Å². The minimum absolute atomic E-state index is 0. The van der Waals surface area contributed by atoms with E-state index in [9.17, 15) is 0 Å². The minimum atomic E-state index is 0. The average molecular weight is 528 g/mol. The Kier molecular flexibility index (Phi) is 42.4. The smallest absolute Gasteiger partial charge is 0.678 e. The fraction of sp³-hybridized carbons (Fsp3) is 0.917. The van der Waals surface area contributed by atoms with Gasteiger partial charge in [-0.25, -0.2) is 12.3 Å². The molecular weight excluding hydrogens is 477 g/mol. The standard InChI is InChI=1S/2C11H24N2.2CHO.Ru/c2*1-6-9(4)11(12-8-3)13-10(5)7-2;2*1-2;/h2*9-11H,6-8H2,1-5H3;2*1H;/q2*-2;2*-1;+6. The van der Waals surface area contributed by atoms with E-state index in [1.807, 2.05) is 0 Å². The Morgan fingerprint density at radius 2 is 0.806 bits per heavy atom. The van der Waals surface area contributed by atoms with Gasteiger partial charge in [-0.05, 0) is 0 Å². The van der Waals surface area contributed by atoms with Gasteiger partial charge < -0.3 is 30.9 Å². The molecule has 0 N–H and O–H groups in total. The normalized spacial score (nSPS) is 15.5. The van der Waals surface area contributed by atoms with E-state index in [2.05, 4.69) is 104 Å². The van der Waals surface area contributed by atoms with E-state index >= 15 is 0 Å². The van der Waals surface area contributed by atoms with Crippen molar-refractivity contribution >= 4 is 13.6 Å². The van der Waals surface area contributed by atoms with Crippen LogP contribution in [0.5, 0.6) is 0 Å². The van der Waals surface area contributed by atoms with Gasteiger partial charge in [-0.15, -0.1) is 12.1 Å². The molecule has 0 saturated carbocycles. The molecule has 0 aliphatic heterocycles. The van der Waals surface area contributed by atoms with Crippen LogP contribution < -0.4 is 0 Å². The van der Waals surface area contributed by atoms with Gasteiger partial charge in [0.25, 0.3) is 0 Å². The molecule has 0 saturated heterocycles. The number of nitrogens with zero attached hydrogens (tertiary/aromatic N) is 4. The summed E-state index contributed by atoms with van der Waals surface area (Å²) in [7, 11) is 0. The molecule has 0 aromatic heterocycles. The maximum Gasteiger partial charge on any atom is 6.00 e. The first-order valence-corrected chi connectivity index (χ1v) is 11.5. The second-order valence-electron chi connectivity index (χ2n) is 7.41. The molecule has 0 fully saturated rings. The molecule has 6 atom stereocenters. The number of carbonyl (C=O) groups excluding carboxylic acids is 2. The van der Waals surface area contributed by atoms with Gasteiger partial charge in [0.15, 0.2) is 0 Å². The summed E-state index contributed by atoms with van der Waals surface area (Å²) in [6, 6.07) is 0.906. The fourth-order valence-corrected chi connectivity index (χ4v) is 2.28. The van der Waals surface area contributed by atoms with Gasteiger partial charge >= 0.3 is 19.5 Å². The molecule has 7 heteroatoms. The molecule has 186 valence electrons. The molecule has 0 aliphatic carbocycles. The third-order valence-electron chi connectivity index (χ3n) is 5.04. The Balaban J connectivity index is -0.000000122. The molecule has 31 heavy (non-hydrogen) atoms. The molecule has 0 spiro atoms. The van der Waals surface area contributed by atoms with E-state index in [4.69, 9.17) is 9.59 Å². The van der Waals surface area contributed by atoms with Gasteiger partial charge in [-0.2, -0.15) is 13.1 Å². The second-order valence-corrected chi connectivity index (χ2v) is 7.41. The van der Waals surface area contributed by atoms with Gasteiger partial charge in [-0.3, -0.25) is 13.6 Å². The van der Waals surface area contributed by atoms with Crippen LogP contribution in [-0.2, 0) is 29.1 Å². The van der Waals surface area contributed by atoms with E-state index in [1.165, 1.54) is 0 Å². The van der Waals surface area contributed by atoms with Gasteiger partial charge in [0.2, 0.25) is 0 Å². The molecule has 0 amide bonds. The third kappa shape index (κ3) is 25.9. The Morgan fingerprint density at radius 1 is 0.548 bits per heavy atom. The van der Waals surface area contributed by atoms with Gasteiger partial charge in [-0.1, -0.05) is 107 Å². The summed E-state index contributed by atoms with van der Waals surface area (Å²) in [5.74, 6) is 1.18. The monoisotopic (exact) mass is 528 g/mol. The van der Waals surface area contributed by atoms with Crippen molar-refractivity contribution in [1.82, 2.24) is 0 Å². The van der Waals surface area contributed by atoms with E-state index in [0.717, 1.165) is 38.8 Å². The molecule has 6 unspecified atom stereocenters. The van der Waals surface area contributed by atoms with Crippen molar-refractivity contribution in [2.75, 3.05) is 13.1 Å². The largest absolute Gasteiger partial charge is 6.00 e. The summed E-state index contributed by atoms with van der Waals surface area (Å²) in [5.41, 5.74) is 0. The van der Waals surface area contributed by atoms with Crippen molar-refractivity contribution in [2.24, 2.45) is 11.8 Å². The summed E-state index contributed by atoms with van der Waals surface area (Å²) in [5, 5.41) is 18.4. The van der Waals surface area contributed by atoms with E-state index < -0.39 is 0 Å². The van der Waals surface area contributed by atoms with Crippen LogP contribution in [0.15, 0.2) is 0 Å². The van der Waals surface area contributed by atoms with Crippen LogP contribution in [-0.4, -0.2) is 51.1 Å². The molecule has 0 bridgehead atoms. The Morgan fingerprint density at radius 3 is 0.968 bits per heavy atom. The fourth-order valence-electron chi connectivity index (χ4n) is 2.28. The van der Waals surface area contributed by atoms with Gasteiger partial charge in [0, 0.05) is 0 Å². The SMILES string of the molecule is CC[N-]C([N-]C(C)CC)C(C)CC.CC[N-]C([N-]C(C)CC)C(C)CC.[CH-]=O.[CH-]=O.[Ru+6]. The van der Waals surface area contributed by atoms with Crippen molar-refractivity contribution in [2.45, 2.75) is 119 Å². The van der Waals surface area contributed by atoms with Crippen LogP contribution in [0, 0.1) is 11.8 Å². The summed E-state index contributed by atoms with van der Waals surface area (Å²) in [6.45, 7) is 30.0. The molecule has 0 aromatic carbocycles. The van der Waals surface area contributed by atoms with Crippen LogP contribution >= 0.6 is 0 Å². The first-order chi connectivity index (χ1) is 14.3. The summed E-state index contributed by atoms with van der Waals surface area (Å²) in [6.07, 6.45) is 5.01. The number of rotatable bonds is 14. The zero-order valence-corrected chi connectivity index (χ0v) is 23.6. The van der Waals surface area contributed by atoms with Crippen molar-refractivity contribution in [3.05, 3.63) is 21.3 Å². The quantitative estimate of drug-likeness (QED) is 0.135. The maximum absolute atomic E-state index is 7.75. The van der Waals surface area contributed by atoms with Crippen molar-refractivity contribution in [1.29, 1.82) is 0 Å². The van der Waals surface area contributed by atoms with E-state index in [-0.39, 0.29) is 31.8 Å². The maximum atomic E-state index is 7.75. The third-order valence-corrected chi connectivity index (χ3v) is 5.04. The van der Waals surface area contributed by atoms with E-state index in [0.29, 0.717) is 23.9 Å². The molecule has 0 aromatic rings. The zero-order valence-electron chi connectivity index (χ0n) is 21.8. The molecule has 0 radical (unpaired) electrons. The van der Waals surface area contributed by atoms with Crippen molar-refractivity contribution in [3.8, 4) is 0 Å². The van der Waals surface area contributed by atoms with Crippen LogP contribution in [0.1, 0.15) is 94.9 Å². The average Bonchev–Trinajstić information content (AvgIpc) is 2.80. The predicted molar refractivity (Wildman–Crippen MR) is 134 cm³/mol. The van der Waals surface area contributed by atoms with Crippen LogP contribution in [0.25, 0.3) is 21.3 Å². The van der Waals surface area contributed by atoms with Gasteiger partial charge in [0.05, 0.1) is 0 Å². The number of hydrogen-bond acceptors (Lipinski definition) is 2. The molecule has 0 aliphatic rings. The predicted octanol–water partition coefficient (Wildman–Crippen LogP) is 7.30. The molecule has 6 nitrogen and oxygen atoms in total. The summed E-state index contributed by atoms with van der Waals surface area (Å²) >= 11 is 0. The summed E-state index contributed by atoms with van der Waals surface area (Å²) < 4.78 is 0. The molecular formula is C24H50N4O2Ru. The van der Waals surface area contributed by atoms with Gasteiger partial charge in [0.1, 0.15) is 0 Å². The number of hydrogen-bond donors (Lipinski definition) is 0. The van der Waals surface area contributed by atoms with Crippen LogP contribution in [0.3, 0.4) is 0 Å². The van der Waals surface area contributed by atoms with E-state index in [1.54, 1.807) is 0 Å². The zero-order chi connectivity index (χ0) is 24.5. The first kappa shape index (κ1) is 41.1. The van der Waals surface area contributed by atoms with Crippen molar-refractivity contribution < 1.29 is 29.1 Å². The second kappa shape index (κ2) is 32.0. The molecule has 0 rings (SSSR count). The van der Waals surface area contributed by atoms with Crippen LogP contribution in [0.4, 0.5) is 0 Å². The topological polar surface area (TPSA) is 90.5 Å².